The van der Waals surface area contributed by atoms with Crippen molar-refractivity contribution >= 4 is 28.3 Å². The fourth-order valence-electron chi connectivity index (χ4n) is 5.09. The van der Waals surface area contributed by atoms with Gasteiger partial charge >= 0.3 is 11.9 Å². The molecule has 42 heavy (non-hydrogen) atoms. The first-order valence-corrected chi connectivity index (χ1v) is 14.4. The Kier molecular flexibility index (Phi) is 9.74. The number of benzene rings is 3. The third-order valence-electron chi connectivity index (χ3n) is 7.47. The average molecular weight is 577 g/mol. The molecular weight excluding hydrogens is 540 g/mol. The molecule has 1 saturated heterocycles. The van der Waals surface area contributed by atoms with Crippen LogP contribution in [0.5, 0.6) is 17.2 Å². The SMILES string of the molecule is C=C(c1ccc(Oc2ccc3ccc(OCCOC(=O)CCC(=O)O)cc3c2)cc1)C1COC2(CCCCCC2)OO1. The maximum Gasteiger partial charge on any atom is 0.306 e. The van der Waals surface area contributed by atoms with Gasteiger partial charge in [0.2, 0.25) is 5.79 Å². The molecule has 0 radical (unpaired) electrons. The Hall–Kier alpha value is -3.92. The van der Waals surface area contributed by atoms with Crippen LogP contribution < -0.4 is 9.47 Å². The van der Waals surface area contributed by atoms with Gasteiger partial charge in [-0.05, 0) is 71.1 Å². The summed E-state index contributed by atoms with van der Waals surface area (Å²) in [5.74, 6) is -0.248. The first-order chi connectivity index (χ1) is 20.4. The van der Waals surface area contributed by atoms with Crippen LogP contribution in [0.3, 0.4) is 0 Å². The van der Waals surface area contributed by atoms with Crippen molar-refractivity contribution in [3.63, 3.8) is 0 Å². The number of aliphatic carboxylic acids is 1. The highest BCUT2D eigenvalue weighted by atomic mass is 17.2. The summed E-state index contributed by atoms with van der Waals surface area (Å²) >= 11 is 0. The summed E-state index contributed by atoms with van der Waals surface area (Å²) in [6.45, 7) is 4.83. The molecule has 2 aliphatic rings. The molecular formula is C33H36O9. The van der Waals surface area contributed by atoms with E-state index in [9.17, 15) is 9.59 Å². The lowest BCUT2D eigenvalue weighted by Gasteiger charge is -2.38. The Morgan fingerprint density at radius 2 is 1.55 bits per heavy atom. The summed E-state index contributed by atoms with van der Waals surface area (Å²) in [6.07, 6.45) is 5.50. The average Bonchev–Trinajstić information content (AvgIpc) is 3.24. The van der Waals surface area contributed by atoms with Crippen LogP contribution in [0.15, 0.2) is 67.2 Å². The van der Waals surface area contributed by atoms with Crippen LogP contribution in [0, 0.1) is 0 Å². The maximum atomic E-state index is 11.5. The zero-order valence-electron chi connectivity index (χ0n) is 23.5. The molecule has 5 rings (SSSR count). The minimum absolute atomic E-state index is 0.0375. The summed E-state index contributed by atoms with van der Waals surface area (Å²) < 4.78 is 23.0. The summed E-state index contributed by atoms with van der Waals surface area (Å²) in [7, 11) is 0. The van der Waals surface area contributed by atoms with Gasteiger partial charge in [-0.1, -0.05) is 43.7 Å². The second-order valence-corrected chi connectivity index (χ2v) is 10.6. The Morgan fingerprint density at radius 1 is 0.857 bits per heavy atom. The lowest BCUT2D eigenvalue weighted by atomic mass is 10.0. The van der Waals surface area contributed by atoms with E-state index in [4.69, 9.17) is 33.8 Å². The van der Waals surface area contributed by atoms with Gasteiger partial charge in [0.25, 0.3) is 0 Å². The van der Waals surface area contributed by atoms with Crippen molar-refractivity contribution < 1.29 is 43.4 Å². The second kappa shape index (κ2) is 13.8. The summed E-state index contributed by atoms with van der Waals surface area (Å²) in [6, 6.07) is 19.1. The number of carboxylic acids is 1. The lowest BCUT2D eigenvalue weighted by molar-refractivity contribution is -0.480. The predicted molar refractivity (Wildman–Crippen MR) is 155 cm³/mol. The number of carbonyl (C=O) groups excluding carboxylic acids is 1. The molecule has 9 heteroatoms. The van der Waals surface area contributed by atoms with E-state index in [1.54, 1.807) is 0 Å². The number of hydrogen-bond acceptors (Lipinski definition) is 8. The van der Waals surface area contributed by atoms with E-state index in [0.29, 0.717) is 23.9 Å². The Labute approximate surface area is 244 Å². The van der Waals surface area contributed by atoms with E-state index < -0.39 is 17.7 Å². The van der Waals surface area contributed by atoms with Gasteiger partial charge < -0.3 is 24.1 Å². The van der Waals surface area contributed by atoms with Gasteiger partial charge in [-0.2, -0.15) is 0 Å². The number of carbonyl (C=O) groups is 2. The van der Waals surface area contributed by atoms with Gasteiger partial charge in [-0.25, -0.2) is 9.78 Å². The van der Waals surface area contributed by atoms with Gasteiger partial charge in [0, 0.05) is 12.8 Å². The molecule has 222 valence electrons. The third-order valence-corrected chi connectivity index (χ3v) is 7.47. The number of ether oxygens (including phenoxy) is 4. The van der Waals surface area contributed by atoms with Gasteiger partial charge in [0.1, 0.15) is 36.6 Å². The second-order valence-electron chi connectivity index (χ2n) is 10.6. The van der Waals surface area contributed by atoms with Crippen LogP contribution in [0.4, 0.5) is 0 Å². The molecule has 0 amide bonds. The topological polar surface area (TPSA) is 110 Å². The van der Waals surface area contributed by atoms with E-state index in [-0.39, 0.29) is 32.2 Å². The fourth-order valence-corrected chi connectivity index (χ4v) is 5.09. The molecule has 1 aliphatic carbocycles. The predicted octanol–water partition coefficient (Wildman–Crippen LogP) is 6.83. The summed E-state index contributed by atoms with van der Waals surface area (Å²) in [5.41, 5.74) is 1.71. The van der Waals surface area contributed by atoms with Crippen LogP contribution in [-0.4, -0.2) is 48.8 Å². The summed E-state index contributed by atoms with van der Waals surface area (Å²) in [4.78, 5) is 33.6. The van der Waals surface area contributed by atoms with E-state index in [1.165, 1.54) is 12.8 Å². The molecule has 1 unspecified atom stereocenters. The quantitative estimate of drug-likeness (QED) is 0.149. The van der Waals surface area contributed by atoms with Gasteiger partial charge in [-0.3, -0.25) is 9.59 Å². The highest BCUT2D eigenvalue weighted by Gasteiger charge is 2.40. The number of hydrogen-bond donors (Lipinski definition) is 1. The zero-order valence-corrected chi connectivity index (χ0v) is 23.5. The number of carboxylic acid groups (broad SMARTS) is 1. The van der Waals surface area contributed by atoms with Crippen molar-refractivity contribution in [3.8, 4) is 17.2 Å². The van der Waals surface area contributed by atoms with E-state index in [0.717, 1.165) is 47.6 Å². The number of fused-ring (bicyclic) bond motifs is 1. The van der Waals surface area contributed by atoms with Crippen molar-refractivity contribution in [3.05, 3.63) is 72.8 Å². The minimum atomic E-state index is -1.04. The molecule has 9 nitrogen and oxygen atoms in total. The first-order valence-electron chi connectivity index (χ1n) is 14.4. The number of rotatable bonds is 11. The smallest absolute Gasteiger partial charge is 0.306 e. The summed E-state index contributed by atoms with van der Waals surface area (Å²) in [5, 5.41) is 10.6. The van der Waals surface area contributed by atoms with Crippen molar-refractivity contribution in [2.45, 2.75) is 63.3 Å². The van der Waals surface area contributed by atoms with E-state index in [1.807, 2.05) is 60.7 Å². The molecule has 3 aromatic carbocycles. The molecule has 1 aliphatic heterocycles. The Balaban J connectivity index is 1.13. The standard InChI is InChI=1S/C33H36O9/c1-23(30-22-39-33(42-41-30)16-4-2-3-5-17-33)24-6-10-27(11-7-24)40-29-13-9-25-8-12-28(20-26(25)21-29)37-18-19-38-32(36)15-14-31(34)35/h6-13,20-21,30H,1-5,14-19,22H2,(H,34,35). The van der Waals surface area contributed by atoms with Crippen LogP contribution in [0.2, 0.25) is 0 Å². The molecule has 0 bridgehead atoms. The van der Waals surface area contributed by atoms with Gasteiger partial charge in [0.05, 0.1) is 19.4 Å². The molecule has 0 aromatic heterocycles. The molecule has 1 atom stereocenters. The molecule has 1 saturated carbocycles. The first kappa shape index (κ1) is 29.6. The van der Waals surface area contributed by atoms with Crippen molar-refractivity contribution in [2.75, 3.05) is 19.8 Å². The Bertz CT molecular complexity index is 1380. The molecule has 2 fully saturated rings. The molecule has 1 heterocycles. The third kappa shape index (κ3) is 7.88. The molecule has 1 N–H and O–H groups in total. The fraction of sp³-hybridized carbons (Fsp3) is 0.394. The van der Waals surface area contributed by atoms with Crippen LogP contribution >= 0.6 is 0 Å². The van der Waals surface area contributed by atoms with E-state index in [2.05, 4.69) is 6.58 Å². The van der Waals surface area contributed by atoms with Crippen LogP contribution in [0.25, 0.3) is 16.3 Å². The van der Waals surface area contributed by atoms with Gasteiger partial charge in [0.15, 0.2) is 0 Å². The van der Waals surface area contributed by atoms with Crippen LogP contribution in [0.1, 0.15) is 56.9 Å². The van der Waals surface area contributed by atoms with Crippen molar-refractivity contribution in [1.82, 2.24) is 0 Å². The Morgan fingerprint density at radius 3 is 2.24 bits per heavy atom. The molecule has 3 aromatic rings. The highest BCUT2D eigenvalue weighted by Crippen LogP contribution is 2.37. The van der Waals surface area contributed by atoms with Crippen molar-refractivity contribution in [1.29, 1.82) is 0 Å². The number of esters is 1. The van der Waals surface area contributed by atoms with Crippen molar-refractivity contribution in [2.24, 2.45) is 0 Å². The minimum Gasteiger partial charge on any atom is -0.490 e. The van der Waals surface area contributed by atoms with E-state index >= 15 is 0 Å². The monoisotopic (exact) mass is 576 g/mol. The highest BCUT2D eigenvalue weighted by molar-refractivity contribution is 5.85. The van der Waals surface area contributed by atoms with Crippen LogP contribution in [-0.2, 0) is 28.8 Å². The van der Waals surface area contributed by atoms with Gasteiger partial charge in [-0.15, -0.1) is 0 Å². The lowest BCUT2D eigenvalue weighted by Crippen LogP contribution is -2.45. The molecule has 1 spiro atoms. The maximum absolute atomic E-state index is 11.5. The zero-order chi connectivity index (χ0) is 29.4. The largest absolute Gasteiger partial charge is 0.490 e. The normalized spacial score (nSPS) is 18.2.